The average molecular weight is 223 g/mol. The Morgan fingerprint density at radius 1 is 1.62 bits per heavy atom. The van der Waals surface area contributed by atoms with Crippen molar-refractivity contribution in [2.75, 3.05) is 20.3 Å². The maximum Gasteiger partial charge on any atom is 0.0616 e. The molecule has 0 spiro atoms. The summed E-state index contributed by atoms with van der Waals surface area (Å²) in [5.74, 6) is 0. The van der Waals surface area contributed by atoms with Gasteiger partial charge in [0.25, 0.3) is 0 Å². The fourth-order valence-corrected chi connectivity index (χ4v) is 1.33. The number of methoxy groups -OCH3 is 1. The lowest BCUT2D eigenvalue weighted by molar-refractivity contribution is 0.199. The van der Waals surface area contributed by atoms with Gasteiger partial charge in [0.2, 0.25) is 0 Å². The van der Waals surface area contributed by atoms with Gasteiger partial charge in [-0.1, -0.05) is 19.1 Å². The molecule has 1 heterocycles. The van der Waals surface area contributed by atoms with Gasteiger partial charge in [0.15, 0.2) is 0 Å². The smallest absolute Gasteiger partial charge is 0.0616 e. The first-order valence-corrected chi connectivity index (χ1v) is 5.64. The third kappa shape index (κ3) is 4.59. The molecule has 1 rings (SSSR count). The minimum Gasteiger partial charge on any atom is -0.383 e. The molecular weight excluding hydrogens is 202 g/mol. The van der Waals surface area contributed by atoms with Gasteiger partial charge in [-0.2, -0.15) is 5.10 Å². The van der Waals surface area contributed by atoms with Crippen LogP contribution in [0.15, 0.2) is 24.5 Å². The molecule has 1 N–H and O–H groups in total. The van der Waals surface area contributed by atoms with Crippen LogP contribution in [0, 0.1) is 0 Å². The molecule has 0 aliphatic heterocycles. The summed E-state index contributed by atoms with van der Waals surface area (Å²) in [6.07, 6.45) is 4.95. The van der Waals surface area contributed by atoms with E-state index >= 15 is 0 Å². The largest absolute Gasteiger partial charge is 0.383 e. The lowest BCUT2D eigenvalue weighted by Gasteiger charge is -2.02. The number of nitrogens with zero attached hydrogens (tertiary/aromatic N) is 2. The Bertz CT molecular complexity index is 320. The van der Waals surface area contributed by atoms with E-state index in [0.29, 0.717) is 0 Å². The summed E-state index contributed by atoms with van der Waals surface area (Å²) in [6, 6.07) is 0. The molecule has 0 amide bonds. The van der Waals surface area contributed by atoms with Crippen LogP contribution in [0.5, 0.6) is 0 Å². The van der Waals surface area contributed by atoms with Crippen LogP contribution in [0.1, 0.15) is 18.9 Å². The summed E-state index contributed by atoms with van der Waals surface area (Å²) in [5, 5.41) is 7.57. The Balaban J connectivity index is 2.30. The number of aromatic nitrogens is 2. The van der Waals surface area contributed by atoms with E-state index in [-0.39, 0.29) is 0 Å². The summed E-state index contributed by atoms with van der Waals surface area (Å²) in [7, 11) is 1.70. The SMILES string of the molecule is C=C(CC)Cn1cc(CNCCOC)cn1. The quantitative estimate of drug-likeness (QED) is 0.537. The minimum atomic E-state index is 0.737. The standard InChI is InChI=1S/C12H21N3O/c1-4-11(2)9-15-10-12(8-14-15)7-13-5-6-16-3/h8,10,13H,2,4-7,9H2,1,3H3. The van der Waals surface area contributed by atoms with Crippen LogP contribution in [0.25, 0.3) is 0 Å². The van der Waals surface area contributed by atoms with E-state index in [0.717, 1.165) is 32.7 Å². The van der Waals surface area contributed by atoms with Crippen molar-refractivity contribution in [2.45, 2.75) is 26.4 Å². The maximum atomic E-state index is 4.96. The predicted molar refractivity (Wildman–Crippen MR) is 65.2 cm³/mol. The van der Waals surface area contributed by atoms with E-state index in [9.17, 15) is 0 Å². The van der Waals surface area contributed by atoms with Gasteiger partial charge in [-0.25, -0.2) is 0 Å². The van der Waals surface area contributed by atoms with Crippen molar-refractivity contribution in [3.63, 3.8) is 0 Å². The summed E-state index contributed by atoms with van der Waals surface area (Å²) in [5.41, 5.74) is 2.39. The zero-order chi connectivity index (χ0) is 11.8. The predicted octanol–water partition coefficient (Wildman–Crippen LogP) is 1.59. The Morgan fingerprint density at radius 2 is 2.44 bits per heavy atom. The second-order valence-corrected chi connectivity index (χ2v) is 3.82. The Hall–Kier alpha value is -1.13. The molecule has 0 bridgehead atoms. The normalized spacial score (nSPS) is 10.6. The molecule has 4 nitrogen and oxygen atoms in total. The Kier molecular flexibility index (Phi) is 5.82. The van der Waals surface area contributed by atoms with Gasteiger partial charge < -0.3 is 10.1 Å². The number of nitrogens with one attached hydrogen (secondary N) is 1. The van der Waals surface area contributed by atoms with Crippen molar-refractivity contribution >= 4 is 0 Å². The van der Waals surface area contributed by atoms with Crippen LogP contribution in [-0.2, 0) is 17.8 Å². The first kappa shape index (κ1) is 12.9. The molecule has 0 fully saturated rings. The van der Waals surface area contributed by atoms with E-state index in [2.05, 4.69) is 30.1 Å². The van der Waals surface area contributed by atoms with Crippen LogP contribution in [0.3, 0.4) is 0 Å². The second kappa shape index (κ2) is 7.19. The molecule has 0 radical (unpaired) electrons. The molecule has 90 valence electrons. The second-order valence-electron chi connectivity index (χ2n) is 3.82. The van der Waals surface area contributed by atoms with E-state index in [4.69, 9.17) is 4.74 Å². The molecule has 1 aromatic heterocycles. The molecule has 0 unspecified atom stereocenters. The topological polar surface area (TPSA) is 39.1 Å². The molecule has 0 aliphatic rings. The summed E-state index contributed by atoms with van der Waals surface area (Å²) in [4.78, 5) is 0. The van der Waals surface area contributed by atoms with Gasteiger partial charge >= 0.3 is 0 Å². The van der Waals surface area contributed by atoms with E-state index < -0.39 is 0 Å². The molecule has 1 aromatic rings. The molecule has 0 aliphatic carbocycles. The third-order valence-corrected chi connectivity index (χ3v) is 2.38. The average Bonchev–Trinajstić information content (AvgIpc) is 2.72. The fourth-order valence-electron chi connectivity index (χ4n) is 1.33. The van der Waals surface area contributed by atoms with Crippen LogP contribution >= 0.6 is 0 Å². The molecule has 0 saturated carbocycles. The van der Waals surface area contributed by atoms with Crippen molar-refractivity contribution in [3.8, 4) is 0 Å². The highest BCUT2D eigenvalue weighted by Crippen LogP contribution is 2.03. The Labute approximate surface area is 97.3 Å². The number of rotatable bonds is 8. The number of ether oxygens (including phenoxy) is 1. The molecule has 4 heteroatoms. The Morgan fingerprint density at radius 3 is 3.12 bits per heavy atom. The molecule has 0 atom stereocenters. The van der Waals surface area contributed by atoms with Gasteiger partial charge in [0, 0.05) is 32.0 Å². The monoisotopic (exact) mass is 223 g/mol. The van der Waals surface area contributed by atoms with E-state index in [1.54, 1.807) is 7.11 Å². The number of hydrogen-bond donors (Lipinski definition) is 1. The van der Waals surface area contributed by atoms with Gasteiger partial charge in [0.1, 0.15) is 0 Å². The summed E-state index contributed by atoms with van der Waals surface area (Å²) >= 11 is 0. The van der Waals surface area contributed by atoms with E-state index in [1.165, 1.54) is 11.1 Å². The highest BCUT2D eigenvalue weighted by Gasteiger charge is 1.99. The third-order valence-electron chi connectivity index (χ3n) is 2.38. The first-order valence-electron chi connectivity index (χ1n) is 5.64. The minimum absolute atomic E-state index is 0.737. The zero-order valence-electron chi connectivity index (χ0n) is 10.2. The van der Waals surface area contributed by atoms with Gasteiger partial charge in [0.05, 0.1) is 19.3 Å². The zero-order valence-corrected chi connectivity index (χ0v) is 10.2. The molecule has 0 aromatic carbocycles. The lowest BCUT2D eigenvalue weighted by Crippen LogP contribution is -2.18. The molecule has 0 saturated heterocycles. The fraction of sp³-hybridized carbons (Fsp3) is 0.583. The van der Waals surface area contributed by atoms with Crippen LogP contribution in [0.2, 0.25) is 0 Å². The lowest BCUT2D eigenvalue weighted by atomic mass is 10.2. The maximum absolute atomic E-state index is 4.96. The highest BCUT2D eigenvalue weighted by atomic mass is 16.5. The van der Waals surface area contributed by atoms with Crippen molar-refractivity contribution < 1.29 is 4.74 Å². The van der Waals surface area contributed by atoms with Crippen LogP contribution < -0.4 is 5.32 Å². The van der Waals surface area contributed by atoms with Crippen molar-refractivity contribution in [1.29, 1.82) is 0 Å². The van der Waals surface area contributed by atoms with E-state index in [1.807, 2.05) is 10.9 Å². The van der Waals surface area contributed by atoms with Crippen molar-refractivity contribution in [2.24, 2.45) is 0 Å². The van der Waals surface area contributed by atoms with Gasteiger partial charge in [-0.05, 0) is 6.42 Å². The summed E-state index contributed by atoms with van der Waals surface area (Å²) < 4.78 is 6.89. The highest BCUT2D eigenvalue weighted by molar-refractivity contribution is 5.05. The van der Waals surface area contributed by atoms with Gasteiger partial charge in [-0.15, -0.1) is 0 Å². The molecular formula is C12H21N3O. The summed E-state index contributed by atoms with van der Waals surface area (Å²) in [6.45, 7) is 9.33. The van der Waals surface area contributed by atoms with Crippen LogP contribution in [0.4, 0.5) is 0 Å². The van der Waals surface area contributed by atoms with Crippen molar-refractivity contribution in [1.82, 2.24) is 15.1 Å². The first-order chi connectivity index (χ1) is 7.76. The van der Waals surface area contributed by atoms with Crippen molar-refractivity contribution in [3.05, 3.63) is 30.1 Å². The number of hydrogen-bond acceptors (Lipinski definition) is 3. The van der Waals surface area contributed by atoms with Crippen LogP contribution in [-0.4, -0.2) is 30.0 Å². The number of allylic oxidation sites excluding steroid dienone is 1. The van der Waals surface area contributed by atoms with Gasteiger partial charge in [-0.3, -0.25) is 4.68 Å². The molecule has 16 heavy (non-hydrogen) atoms.